The van der Waals surface area contributed by atoms with E-state index in [1.54, 1.807) is 31.6 Å². The van der Waals surface area contributed by atoms with Crippen molar-refractivity contribution in [2.75, 3.05) is 13.7 Å². The van der Waals surface area contributed by atoms with Crippen molar-refractivity contribution in [2.24, 2.45) is 0 Å². The van der Waals surface area contributed by atoms with Gasteiger partial charge in [0.1, 0.15) is 18.1 Å². The average molecular weight is 248 g/mol. The first kappa shape index (κ1) is 12.4. The van der Waals surface area contributed by atoms with E-state index in [9.17, 15) is 5.11 Å². The molecular weight excluding hydrogens is 232 g/mol. The number of rotatable bonds is 4. The van der Waals surface area contributed by atoms with Crippen molar-refractivity contribution in [1.29, 1.82) is 0 Å². The molecule has 0 fully saturated rings. The number of hydrogen-bond acceptors (Lipinski definition) is 4. The first-order chi connectivity index (χ1) is 8.76. The van der Waals surface area contributed by atoms with Gasteiger partial charge in [0, 0.05) is 6.07 Å². The number of methoxy groups -OCH3 is 1. The monoisotopic (exact) mass is 248 g/mol. The van der Waals surface area contributed by atoms with E-state index < -0.39 is 0 Å². The summed E-state index contributed by atoms with van der Waals surface area (Å²) >= 11 is 0. The Morgan fingerprint density at radius 3 is 3.00 bits per heavy atom. The second-order valence-corrected chi connectivity index (χ2v) is 3.82. The molecule has 0 atom stereocenters. The third-order valence-electron chi connectivity index (χ3n) is 2.61. The molecule has 0 bridgehead atoms. The average Bonchev–Trinajstić information content (AvgIpc) is 2.41. The van der Waals surface area contributed by atoms with Crippen LogP contribution in [-0.2, 0) is 4.74 Å². The zero-order valence-electron chi connectivity index (χ0n) is 10.5. The molecule has 0 saturated heterocycles. The first-order valence-corrected chi connectivity index (χ1v) is 5.81. The fourth-order valence-corrected chi connectivity index (χ4v) is 1.62. The van der Waals surface area contributed by atoms with Gasteiger partial charge in [0.15, 0.2) is 11.5 Å². The maximum absolute atomic E-state index is 10.1. The van der Waals surface area contributed by atoms with Crippen LogP contribution in [0.15, 0.2) is 36.3 Å². The van der Waals surface area contributed by atoms with E-state index in [1.165, 1.54) is 0 Å². The predicted molar refractivity (Wildman–Crippen MR) is 68.6 cm³/mol. The van der Waals surface area contributed by atoms with Gasteiger partial charge in [-0.3, -0.25) is 0 Å². The molecule has 2 rings (SSSR count). The van der Waals surface area contributed by atoms with Crippen LogP contribution in [0.4, 0.5) is 0 Å². The Kier molecular flexibility index (Phi) is 3.77. The third-order valence-corrected chi connectivity index (χ3v) is 2.61. The number of ether oxygens (including phenoxy) is 3. The Hall–Kier alpha value is -2.10. The standard InChI is InChI=1S/C14H16O4/c1-3-4-7-17-13-9-18-12-8-10(16-2)5-6-11(12)14(13)15/h4-8,15H,3,9H2,1-2H3. The highest BCUT2D eigenvalue weighted by atomic mass is 16.5. The van der Waals surface area contributed by atoms with Crippen molar-refractivity contribution in [2.45, 2.75) is 13.3 Å². The number of aliphatic hydroxyl groups excluding tert-OH is 1. The molecule has 0 spiro atoms. The smallest absolute Gasteiger partial charge is 0.183 e. The van der Waals surface area contributed by atoms with Gasteiger partial charge < -0.3 is 19.3 Å². The minimum Gasteiger partial charge on any atom is -0.504 e. The number of fused-ring (bicyclic) bond motifs is 1. The summed E-state index contributed by atoms with van der Waals surface area (Å²) in [4.78, 5) is 0. The first-order valence-electron chi connectivity index (χ1n) is 5.81. The van der Waals surface area contributed by atoms with Crippen molar-refractivity contribution in [3.8, 4) is 11.5 Å². The highest BCUT2D eigenvalue weighted by Crippen LogP contribution is 2.34. The fraction of sp³-hybridized carbons (Fsp3) is 0.286. The normalized spacial score (nSPS) is 14.3. The lowest BCUT2D eigenvalue weighted by Crippen LogP contribution is -2.12. The van der Waals surface area contributed by atoms with Crippen LogP contribution in [0.3, 0.4) is 0 Å². The second kappa shape index (κ2) is 5.49. The van der Waals surface area contributed by atoms with Gasteiger partial charge >= 0.3 is 0 Å². The largest absolute Gasteiger partial charge is 0.504 e. The molecular formula is C14H16O4. The van der Waals surface area contributed by atoms with Crippen molar-refractivity contribution in [3.05, 3.63) is 41.9 Å². The minimum atomic E-state index is 0.111. The summed E-state index contributed by atoms with van der Waals surface area (Å²) in [6.45, 7) is 2.22. The highest BCUT2D eigenvalue weighted by molar-refractivity contribution is 5.69. The van der Waals surface area contributed by atoms with E-state index in [0.29, 0.717) is 22.8 Å². The molecule has 1 aromatic rings. The summed E-state index contributed by atoms with van der Waals surface area (Å²) in [5.74, 6) is 1.81. The van der Waals surface area contributed by atoms with E-state index in [2.05, 4.69) is 0 Å². The third kappa shape index (κ3) is 2.42. The van der Waals surface area contributed by atoms with E-state index >= 15 is 0 Å². The van der Waals surface area contributed by atoms with Gasteiger partial charge in [0.2, 0.25) is 0 Å². The number of benzene rings is 1. The van der Waals surface area contributed by atoms with Gasteiger partial charge in [0.05, 0.1) is 18.9 Å². The summed E-state index contributed by atoms with van der Waals surface area (Å²) in [6.07, 6.45) is 4.30. The summed E-state index contributed by atoms with van der Waals surface area (Å²) in [5.41, 5.74) is 0.613. The molecule has 0 unspecified atom stereocenters. The van der Waals surface area contributed by atoms with Crippen LogP contribution in [-0.4, -0.2) is 18.8 Å². The Morgan fingerprint density at radius 1 is 1.44 bits per heavy atom. The van der Waals surface area contributed by atoms with Crippen molar-refractivity contribution in [3.63, 3.8) is 0 Å². The van der Waals surface area contributed by atoms with Crippen molar-refractivity contribution >= 4 is 5.76 Å². The molecule has 1 aromatic carbocycles. The van der Waals surface area contributed by atoms with Gasteiger partial charge in [-0.05, 0) is 24.6 Å². The van der Waals surface area contributed by atoms with Crippen LogP contribution in [0.1, 0.15) is 18.9 Å². The number of aliphatic hydroxyl groups is 1. The maximum atomic E-state index is 10.1. The van der Waals surface area contributed by atoms with E-state index in [0.717, 1.165) is 6.42 Å². The van der Waals surface area contributed by atoms with Gasteiger partial charge in [0.25, 0.3) is 0 Å². The van der Waals surface area contributed by atoms with Gasteiger partial charge in [-0.15, -0.1) is 0 Å². The molecule has 1 aliphatic rings. The molecule has 1 aliphatic heterocycles. The molecule has 0 aliphatic carbocycles. The van der Waals surface area contributed by atoms with Crippen LogP contribution in [0, 0.1) is 0 Å². The zero-order chi connectivity index (χ0) is 13.0. The van der Waals surface area contributed by atoms with Crippen LogP contribution >= 0.6 is 0 Å². The van der Waals surface area contributed by atoms with Crippen molar-refractivity contribution < 1.29 is 19.3 Å². The molecule has 0 radical (unpaired) electrons. The lowest BCUT2D eigenvalue weighted by Gasteiger charge is -2.20. The number of allylic oxidation sites excluding steroid dienone is 1. The van der Waals surface area contributed by atoms with Crippen LogP contribution in [0.2, 0.25) is 0 Å². The molecule has 1 N–H and O–H groups in total. The van der Waals surface area contributed by atoms with Gasteiger partial charge in [-0.25, -0.2) is 0 Å². The Labute approximate surface area is 106 Å². The topological polar surface area (TPSA) is 47.9 Å². The SMILES string of the molecule is CCC=COC1=C(O)c2ccc(OC)cc2OC1. The molecule has 0 aromatic heterocycles. The quantitative estimate of drug-likeness (QED) is 0.831. The van der Waals surface area contributed by atoms with E-state index in [1.807, 2.05) is 13.0 Å². The fourth-order valence-electron chi connectivity index (χ4n) is 1.62. The number of hydrogen-bond donors (Lipinski definition) is 1. The Morgan fingerprint density at radius 2 is 2.28 bits per heavy atom. The lowest BCUT2D eigenvalue weighted by atomic mass is 10.1. The van der Waals surface area contributed by atoms with Crippen LogP contribution < -0.4 is 9.47 Å². The summed E-state index contributed by atoms with van der Waals surface area (Å²) < 4.78 is 16.0. The highest BCUT2D eigenvalue weighted by Gasteiger charge is 2.21. The second-order valence-electron chi connectivity index (χ2n) is 3.82. The van der Waals surface area contributed by atoms with Gasteiger partial charge in [-0.2, -0.15) is 0 Å². The molecule has 18 heavy (non-hydrogen) atoms. The predicted octanol–water partition coefficient (Wildman–Crippen LogP) is 3.25. The molecule has 4 heteroatoms. The summed E-state index contributed by atoms with van der Waals surface area (Å²) in [5, 5.41) is 10.1. The van der Waals surface area contributed by atoms with Crippen LogP contribution in [0.25, 0.3) is 5.76 Å². The molecule has 4 nitrogen and oxygen atoms in total. The minimum absolute atomic E-state index is 0.111. The van der Waals surface area contributed by atoms with Crippen molar-refractivity contribution in [1.82, 2.24) is 0 Å². The Bertz CT molecular complexity index is 489. The summed E-state index contributed by atoms with van der Waals surface area (Å²) in [6, 6.07) is 5.25. The van der Waals surface area contributed by atoms with E-state index in [4.69, 9.17) is 14.2 Å². The molecule has 0 amide bonds. The molecule has 96 valence electrons. The Balaban J connectivity index is 2.27. The lowest BCUT2D eigenvalue weighted by molar-refractivity contribution is 0.230. The molecule has 1 heterocycles. The molecule has 0 saturated carbocycles. The zero-order valence-corrected chi connectivity index (χ0v) is 10.5. The van der Waals surface area contributed by atoms with E-state index in [-0.39, 0.29) is 12.4 Å². The van der Waals surface area contributed by atoms with Gasteiger partial charge in [-0.1, -0.05) is 6.92 Å². The maximum Gasteiger partial charge on any atom is 0.183 e. The van der Waals surface area contributed by atoms with Crippen LogP contribution in [0.5, 0.6) is 11.5 Å². The summed E-state index contributed by atoms with van der Waals surface area (Å²) in [7, 11) is 1.59.